The van der Waals surface area contributed by atoms with E-state index < -0.39 is 5.97 Å². The zero-order valence-electron chi connectivity index (χ0n) is 25.2. The van der Waals surface area contributed by atoms with Gasteiger partial charge in [0.05, 0.1) is 0 Å². The molecule has 0 rings (SSSR count). The molecular weight excluding hydrogens is 440 g/mol. The molecule has 0 spiro atoms. The molecule has 0 unspecified atom stereocenters. The fourth-order valence-electron chi connectivity index (χ4n) is 5.36. The van der Waals surface area contributed by atoms with Crippen molar-refractivity contribution in [2.75, 3.05) is 0 Å². The fraction of sp³-hybridized carbons (Fsp3) is 0.912. The van der Waals surface area contributed by atoms with Gasteiger partial charge in [-0.3, -0.25) is 0 Å². The van der Waals surface area contributed by atoms with E-state index in [1.54, 1.807) is 0 Å². The number of carboxylic acid groups (broad SMARTS) is 1. The van der Waals surface area contributed by atoms with Gasteiger partial charge in [0.1, 0.15) is 0 Å². The molecule has 2 heteroatoms. The molecule has 0 aliphatic heterocycles. The summed E-state index contributed by atoms with van der Waals surface area (Å²) in [5.74, 6) is -0.714. The Labute approximate surface area is 227 Å². The largest absolute Gasteiger partial charge is 0.478 e. The Morgan fingerprint density at radius 1 is 0.417 bits per heavy atom. The summed E-state index contributed by atoms with van der Waals surface area (Å²) in [7, 11) is 0. The van der Waals surface area contributed by atoms with Crippen molar-refractivity contribution in [3.8, 4) is 0 Å². The number of allylic oxidation sites excluding steroid dienone is 1. The van der Waals surface area contributed by atoms with E-state index in [2.05, 4.69) is 13.8 Å². The van der Waals surface area contributed by atoms with E-state index in [0.29, 0.717) is 5.57 Å². The third-order valence-electron chi connectivity index (χ3n) is 8.02. The number of carbonyl (C=O) groups is 1. The molecule has 0 atom stereocenters. The minimum atomic E-state index is -0.714. The lowest BCUT2D eigenvalue weighted by atomic mass is 9.95. The van der Waals surface area contributed by atoms with E-state index in [9.17, 15) is 9.90 Å². The van der Waals surface area contributed by atoms with Gasteiger partial charge in [0.15, 0.2) is 0 Å². The van der Waals surface area contributed by atoms with Gasteiger partial charge in [-0.05, 0) is 32.6 Å². The van der Waals surface area contributed by atoms with Crippen molar-refractivity contribution < 1.29 is 9.90 Å². The predicted molar refractivity (Wildman–Crippen MR) is 161 cm³/mol. The van der Waals surface area contributed by atoms with Gasteiger partial charge in [-0.15, -0.1) is 0 Å². The highest BCUT2D eigenvalue weighted by Gasteiger charge is 2.09. The maximum absolute atomic E-state index is 11.5. The molecule has 0 aliphatic carbocycles. The van der Waals surface area contributed by atoms with Gasteiger partial charge in [0.2, 0.25) is 0 Å². The van der Waals surface area contributed by atoms with Crippen LogP contribution in [0, 0.1) is 0 Å². The lowest BCUT2D eigenvalue weighted by Gasteiger charge is -2.11. The maximum Gasteiger partial charge on any atom is 0.331 e. The number of rotatable bonds is 29. The molecule has 0 amide bonds. The van der Waals surface area contributed by atoms with E-state index in [-0.39, 0.29) is 0 Å². The number of hydrogen-bond donors (Lipinski definition) is 1. The molecule has 0 aliphatic rings. The average Bonchev–Trinajstić information content (AvgIpc) is 2.87. The zero-order valence-corrected chi connectivity index (χ0v) is 25.2. The first-order valence-corrected chi connectivity index (χ1v) is 16.5. The van der Waals surface area contributed by atoms with E-state index in [1.807, 2.05) is 6.92 Å². The van der Waals surface area contributed by atoms with Gasteiger partial charge < -0.3 is 5.11 Å². The van der Waals surface area contributed by atoms with Crippen LogP contribution in [0.2, 0.25) is 0 Å². The second-order valence-corrected chi connectivity index (χ2v) is 11.5. The van der Waals surface area contributed by atoms with Gasteiger partial charge in [-0.25, -0.2) is 4.79 Å². The summed E-state index contributed by atoms with van der Waals surface area (Å²) < 4.78 is 0. The van der Waals surface area contributed by atoms with Gasteiger partial charge in [-0.2, -0.15) is 0 Å². The van der Waals surface area contributed by atoms with Crippen LogP contribution in [0.1, 0.15) is 201 Å². The molecule has 2 nitrogen and oxygen atoms in total. The number of carboxylic acids is 1. The first-order valence-electron chi connectivity index (χ1n) is 16.5. The van der Waals surface area contributed by atoms with Crippen LogP contribution < -0.4 is 0 Å². The Balaban J connectivity index is 3.67. The standard InChI is InChI=1S/C34H66O2/c1-4-6-8-10-12-14-16-17-18-19-20-21-23-25-27-29-31-33(32(3)34(35)36)30-28-26-24-22-15-13-11-9-7-5-2/h4-31H2,1-3H3,(H,35,36)/b33-32-. The summed E-state index contributed by atoms with van der Waals surface area (Å²) in [6.07, 6.45) is 37.5. The van der Waals surface area contributed by atoms with Crippen LogP contribution in [-0.2, 0) is 4.79 Å². The van der Waals surface area contributed by atoms with Crippen LogP contribution in [0.15, 0.2) is 11.1 Å². The van der Waals surface area contributed by atoms with E-state index in [1.165, 1.54) is 160 Å². The summed E-state index contributed by atoms with van der Waals surface area (Å²) in [5, 5.41) is 9.49. The third-order valence-corrected chi connectivity index (χ3v) is 8.02. The van der Waals surface area contributed by atoms with Gasteiger partial charge in [0.25, 0.3) is 0 Å². The lowest BCUT2D eigenvalue weighted by Crippen LogP contribution is -2.02. The van der Waals surface area contributed by atoms with Crippen molar-refractivity contribution in [1.82, 2.24) is 0 Å². The Morgan fingerprint density at radius 3 is 0.861 bits per heavy atom. The first kappa shape index (κ1) is 35.2. The average molecular weight is 507 g/mol. The summed E-state index contributed by atoms with van der Waals surface area (Å²) in [6.45, 7) is 6.38. The van der Waals surface area contributed by atoms with Crippen LogP contribution >= 0.6 is 0 Å². The van der Waals surface area contributed by atoms with Crippen LogP contribution in [0.4, 0.5) is 0 Å². The molecule has 0 aromatic rings. The van der Waals surface area contributed by atoms with Crippen molar-refractivity contribution in [2.45, 2.75) is 201 Å². The quantitative estimate of drug-likeness (QED) is 0.0808. The highest BCUT2D eigenvalue weighted by molar-refractivity contribution is 5.86. The Kier molecular flexibility index (Phi) is 28.1. The molecule has 0 aromatic heterocycles. The monoisotopic (exact) mass is 507 g/mol. The third kappa shape index (κ3) is 24.9. The molecule has 0 saturated heterocycles. The highest BCUT2D eigenvalue weighted by Crippen LogP contribution is 2.22. The zero-order chi connectivity index (χ0) is 26.5. The second-order valence-electron chi connectivity index (χ2n) is 11.5. The van der Waals surface area contributed by atoms with Gasteiger partial charge in [0, 0.05) is 5.57 Å². The van der Waals surface area contributed by atoms with Crippen LogP contribution in [0.25, 0.3) is 0 Å². The normalized spacial score (nSPS) is 12.2. The van der Waals surface area contributed by atoms with Crippen LogP contribution in [-0.4, -0.2) is 11.1 Å². The van der Waals surface area contributed by atoms with Crippen molar-refractivity contribution in [2.24, 2.45) is 0 Å². The summed E-state index contributed by atoms with van der Waals surface area (Å²) in [4.78, 5) is 11.5. The smallest absolute Gasteiger partial charge is 0.331 e. The topological polar surface area (TPSA) is 37.3 Å². The van der Waals surface area contributed by atoms with E-state index in [0.717, 1.165) is 25.7 Å². The highest BCUT2D eigenvalue weighted by atomic mass is 16.4. The van der Waals surface area contributed by atoms with Crippen molar-refractivity contribution >= 4 is 5.97 Å². The maximum atomic E-state index is 11.5. The second kappa shape index (κ2) is 28.8. The van der Waals surface area contributed by atoms with Gasteiger partial charge >= 0.3 is 5.97 Å². The Morgan fingerprint density at radius 2 is 0.639 bits per heavy atom. The molecule has 0 saturated carbocycles. The lowest BCUT2D eigenvalue weighted by molar-refractivity contribution is -0.132. The predicted octanol–water partition coefficient (Wildman–Crippen LogP) is 12.4. The SMILES string of the molecule is CCCCCCCCCCCCCCCCCC/C(CCCCCCCCCCCC)=C(/C)C(=O)O. The van der Waals surface area contributed by atoms with Crippen molar-refractivity contribution in [1.29, 1.82) is 0 Å². The Hall–Kier alpha value is -0.790. The van der Waals surface area contributed by atoms with E-state index >= 15 is 0 Å². The summed E-state index contributed by atoms with van der Waals surface area (Å²) in [5.41, 5.74) is 1.83. The number of unbranched alkanes of at least 4 members (excludes halogenated alkanes) is 24. The molecule has 214 valence electrons. The molecule has 0 heterocycles. The first-order chi connectivity index (χ1) is 17.6. The fourth-order valence-corrected chi connectivity index (χ4v) is 5.36. The molecule has 0 aromatic carbocycles. The molecule has 0 bridgehead atoms. The molecule has 1 N–H and O–H groups in total. The number of hydrogen-bond acceptors (Lipinski definition) is 1. The van der Waals surface area contributed by atoms with Crippen molar-refractivity contribution in [3.05, 3.63) is 11.1 Å². The molecule has 0 radical (unpaired) electrons. The van der Waals surface area contributed by atoms with E-state index in [4.69, 9.17) is 0 Å². The minimum Gasteiger partial charge on any atom is -0.478 e. The van der Waals surface area contributed by atoms with Crippen LogP contribution in [0.3, 0.4) is 0 Å². The summed E-state index contributed by atoms with van der Waals surface area (Å²) >= 11 is 0. The number of aliphatic carboxylic acids is 1. The summed E-state index contributed by atoms with van der Waals surface area (Å²) in [6, 6.07) is 0. The Bertz CT molecular complexity index is 493. The van der Waals surface area contributed by atoms with Crippen molar-refractivity contribution in [3.63, 3.8) is 0 Å². The molecule has 36 heavy (non-hydrogen) atoms. The van der Waals surface area contributed by atoms with Gasteiger partial charge in [-0.1, -0.05) is 174 Å². The van der Waals surface area contributed by atoms with Crippen LogP contribution in [0.5, 0.6) is 0 Å². The molecule has 0 fully saturated rings. The molecular formula is C34H66O2. The minimum absolute atomic E-state index is 0.617.